The molecule has 6 heteroatoms. The van der Waals surface area contributed by atoms with Crippen LogP contribution in [0.25, 0.3) is 0 Å². The minimum atomic E-state index is -0.344. The largest absolute Gasteiger partial charge is 0.465 e. The van der Waals surface area contributed by atoms with Crippen molar-refractivity contribution in [1.29, 1.82) is 0 Å². The molecule has 2 aromatic heterocycles. The van der Waals surface area contributed by atoms with E-state index in [2.05, 4.69) is 26.5 Å². The van der Waals surface area contributed by atoms with Gasteiger partial charge in [0.2, 0.25) is 0 Å². The normalized spacial score (nSPS) is 10.2. The van der Waals surface area contributed by atoms with Crippen LogP contribution in [0.3, 0.4) is 0 Å². The number of methoxy groups -OCH3 is 1. The summed E-state index contributed by atoms with van der Waals surface area (Å²) < 4.78 is 4.69. The van der Waals surface area contributed by atoms with Gasteiger partial charge in [-0.15, -0.1) is 0 Å². The molecule has 0 unspecified atom stereocenters. The Labute approximate surface area is 115 Å². The monoisotopic (exact) mass is 277 g/mol. The highest BCUT2D eigenvalue weighted by molar-refractivity contribution is 7.17. The maximum atomic E-state index is 11.4. The molecule has 100 valence electrons. The van der Waals surface area contributed by atoms with Crippen molar-refractivity contribution in [1.82, 2.24) is 9.97 Å². The van der Waals surface area contributed by atoms with E-state index in [1.165, 1.54) is 18.4 Å². The lowest BCUT2D eigenvalue weighted by molar-refractivity contribution is 0.0606. The molecule has 0 aliphatic carbocycles. The SMILES string of the molecule is CCN(Cc1ccncc1)c1ncc(C(=O)OC)s1. The summed E-state index contributed by atoms with van der Waals surface area (Å²) in [5, 5.41) is 0.819. The summed E-state index contributed by atoms with van der Waals surface area (Å²) in [6.07, 6.45) is 5.09. The van der Waals surface area contributed by atoms with Crippen LogP contribution in [-0.4, -0.2) is 29.6 Å². The maximum absolute atomic E-state index is 11.4. The topological polar surface area (TPSA) is 55.3 Å². The van der Waals surface area contributed by atoms with Gasteiger partial charge >= 0.3 is 5.97 Å². The average molecular weight is 277 g/mol. The van der Waals surface area contributed by atoms with Gasteiger partial charge in [-0.3, -0.25) is 4.98 Å². The summed E-state index contributed by atoms with van der Waals surface area (Å²) in [6, 6.07) is 3.94. The molecule has 2 aromatic rings. The molecule has 0 fully saturated rings. The fourth-order valence-electron chi connectivity index (χ4n) is 1.63. The maximum Gasteiger partial charge on any atom is 0.349 e. The number of esters is 1. The second-order valence-corrected chi connectivity index (χ2v) is 4.88. The van der Waals surface area contributed by atoms with Gasteiger partial charge < -0.3 is 9.64 Å². The zero-order chi connectivity index (χ0) is 13.7. The molecule has 0 spiro atoms. The molecule has 0 aliphatic heterocycles. The third kappa shape index (κ3) is 3.29. The Balaban J connectivity index is 2.13. The van der Waals surface area contributed by atoms with Crippen LogP contribution in [0.1, 0.15) is 22.2 Å². The lowest BCUT2D eigenvalue weighted by atomic mass is 10.2. The summed E-state index contributed by atoms with van der Waals surface area (Å²) in [6.45, 7) is 3.62. The van der Waals surface area contributed by atoms with Gasteiger partial charge in [0.25, 0.3) is 0 Å². The number of carbonyl (C=O) groups excluding carboxylic acids is 1. The Hall–Kier alpha value is -1.95. The van der Waals surface area contributed by atoms with Crippen LogP contribution < -0.4 is 4.90 Å². The van der Waals surface area contributed by atoms with E-state index in [1.807, 2.05) is 12.1 Å². The van der Waals surface area contributed by atoms with E-state index >= 15 is 0 Å². The van der Waals surface area contributed by atoms with Crippen LogP contribution in [0.5, 0.6) is 0 Å². The smallest absolute Gasteiger partial charge is 0.349 e. The number of carbonyl (C=O) groups is 1. The number of ether oxygens (including phenoxy) is 1. The van der Waals surface area contributed by atoms with Gasteiger partial charge in [-0.2, -0.15) is 0 Å². The Morgan fingerprint density at radius 2 is 2.16 bits per heavy atom. The van der Waals surface area contributed by atoms with Crippen LogP contribution in [0.15, 0.2) is 30.7 Å². The highest BCUT2D eigenvalue weighted by atomic mass is 32.1. The first-order valence-corrected chi connectivity index (χ1v) is 6.74. The fourth-order valence-corrected chi connectivity index (χ4v) is 2.53. The van der Waals surface area contributed by atoms with E-state index < -0.39 is 0 Å². The van der Waals surface area contributed by atoms with Crippen molar-refractivity contribution in [2.24, 2.45) is 0 Å². The standard InChI is InChI=1S/C13H15N3O2S/c1-3-16(9-10-4-6-14-7-5-10)13-15-8-11(19-13)12(17)18-2/h4-8H,3,9H2,1-2H3. The van der Waals surface area contributed by atoms with Crippen molar-refractivity contribution in [3.05, 3.63) is 41.2 Å². The molecular formula is C13H15N3O2S. The molecule has 0 atom stereocenters. The van der Waals surface area contributed by atoms with Gasteiger partial charge in [0.05, 0.1) is 13.3 Å². The number of nitrogens with zero attached hydrogens (tertiary/aromatic N) is 3. The molecule has 5 nitrogen and oxygen atoms in total. The molecule has 0 saturated heterocycles. The minimum Gasteiger partial charge on any atom is -0.465 e. The van der Waals surface area contributed by atoms with Gasteiger partial charge in [0, 0.05) is 25.5 Å². The zero-order valence-corrected chi connectivity index (χ0v) is 11.7. The summed E-state index contributed by atoms with van der Waals surface area (Å²) in [5.74, 6) is -0.344. The molecule has 0 N–H and O–H groups in total. The van der Waals surface area contributed by atoms with E-state index in [-0.39, 0.29) is 5.97 Å². The number of hydrogen-bond acceptors (Lipinski definition) is 6. The first-order chi connectivity index (χ1) is 9.24. The lowest BCUT2D eigenvalue weighted by Crippen LogP contribution is -2.21. The Bertz CT molecular complexity index is 542. The van der Waals surface area contributed by atoms with E-state index in [9.17, 15) is 4.79 Å². The zero-order valence-electron chi connectivity index (χ0n) is 10.9. The van der Waals surface area contributed by atoms with E-state index in [0.29, 0.717) is 4.88 Å². The predicted octanol–water partition coefficient (Wildman–Crippen LogP) is 2.35. The van der Waals surface area contributed by atoms with Crippen molar-refractivity contribution in [2.75, 3.05) is 18.6 Å². The second-order valence-electron chi connectivity index (χ2n) is 3.87. The number of hydrogen-bond donors (Lipinski definition) is 0. The molecular weight excluding hydrogens is 262 g/mol. The molecule has 0 aliphatic rings. The third-order valence-electron chi connectivity index (χ3n) is 2.66. The van der Waals surface area contributed by atoms with Crippen LogP contribution in [0.2, 0.25) is 0 Å². The quantitative estimate of drug-likeness (QED) is 0.785. The molecule has 0 aromatic carbocycles. The molecule has 19 heavy (non-hydrogen) atoms. The highest BCUT2D eigenvalue weighted by Gasteiger charge is 2.14. The summed E-state index contributed by atoms with van der Waals surface area (Å²) >= 11 is 1.34. The minimum absolute atomic E-state index is 0.344. The molecule has 0 amide bonds. The molecule has 0 radical (unpaired) electrons. The number of aromatic nitrogens is 2. The van der Waals surface area contributed by atoms with E-state index in [0.717, 1.165) is 23.8 Å². The summed E-state index contributed by atoms with van der Waals surface area (Å²) in [4.78, 5) is 22.3. The summed E-state index contributed by atoms with van der Waals surface area (Å²) in [5.41, 5.74) is 1.16. The first kappa shape index (κ1) is 13.5. The van der Waals surface area contributed by atoms with Crippen molar-refractivity contribution < 1.29 is 9.53 Å². The highest BCUT2D eigenvalue weighted by Crippen LogP contribution is 2.24. The van der Waals surface area contributed by atoms with Crippen molar-refractivity contribution in [2.45, 2.75) is 13.5 Å². The summed E-state index contributed by atoms with van der Waals surface area (Å²) in [7, 11) is 1.37. The molecule has 0 bridgehead atoms. The van der Waals surface area contributed by atoms with Gasteiger partial charge in [0.15, 0.2) is 5.13 Å². The van der Waals surface area contributed by atoms with Gasteiger partial charge in [-0.1, -0.05) is 11.3 Å². The van der Waals surface area contributed by atoms with Gasteiger partial charge in [0.1, 0.15) is 4.88 Å². The van der Waals surface area contributed by atoms with Crippen LogP contribution in [0.4, 0.5) is 5.13 Å². The number of pyridine rings is 1. The lowest BCUT2D eigenvalue weighted by Gasteiger charge is -2.19. The van der Waals surface area contributed by atoms with Crippen LogP contribution in [-0.2, 0) is 11.3 Å². The first-order valence-electron chi connectivity index (χ1n) is 5.92. The van der Waals surface area contributed by atoms with Crippen molar-refractivity contribution in [3.8, 4) is 0 Å². The van der Waals surface area contributed by atoms with Crippen LogP contribution in [0, 0.1) is 0 Å². The Morgan fingerprint density at radius 3 is 2.79 bits per heavy atom. The number of anilines is 1. The van der Waals surface area contributed by atoms with Crippen molar-refractivity contribution in [3.63, 3.8) is 0 Å². The number of rotatable bonds is 5. The fraction of sp³-hybridized carbons (Fsp3) is 0.308. The second kappa shape index (κ2) is 6.29. The molecule has 0 saturated carbocycles. The molecule has 2 heterocycles. The predicted molar refractivity (Wildman–Crippen MR) is 74.4 cm³/mol. The Kier molecular flexibility index (Phi) is 4.46. The third-order valence-corrected chi connectivity index (χ3v) is 3.69. The average Bonchev–Trinajstić information content (AvgIpc) is 2.94. The number of thiazole rings is 1. The van der Waals surface area contributed by atoms with Gasteiger partial charge in [-0.25, -0.2) is 9.78 Å². The van der Waals surface area contributed by atoms with Gasteiger partial charge in [-0.05, 0) is 24.6 Å². The Morgan fingerprint density at radius 1 is 1.42 bits per heavy atom. The molecule has 2 rings (SSSR count). The van der Waals surface area contributed by atoms with E-state index in [4.69, 9.17) is 0 Å². The van der Waals surface area contributed by atoms with E-state index in [1.54, 1.807) is 18.6 Å². The van der Waals surface area contributed by atoms with Crippen molar-refractivity contribution >= 4 is 22.4 Å². The van der Waals surface area contributed by atoms with Crippen LogP contribution >= 0.6 is 11.3 Å².